The van der Waals surface area contributed by atoms with Gasteiger partial charge in [-0.05, 0) is 24.3 Å². The molecule has 0 aliphatic rings. The lowest BCUT2D eigenvalue weighted by atomic mass is 10.3. The molecule has 2 aromatic rings. The van der Waals surface area contributed by atoms with E-state index in [1.54, 1.807) is 24.4 Å². The molecular weight excluding hydrogens is 245 g/mol. The van der Waals surface area contributed by atoms with Gasteiger partial charge >= 0.3 is 0 Å². The van der Waals surface area contributed by atoms with E-state index in [4.69, 9.17) is 27.9 Å². The summed E-state index contributed by atoms with van der Waals surface area (Å²) in [6, 6.07) is 10.8. The van der Waals surface area contributed by atoms with Crippen LogP contribution < -0.4 is 4.74 Å². The molecule has 0 N–H and O–H groups in total. The predicted octanol–water partition coefficient (Wildman–Crippen LogP) is 3.97. The Morgan fingerprint density at radius 3 is 2.75 bits per heavy atom. The van der Waals surface area contributed by atoms with E-state index in [1.165, 1.54) is 0 Å². The number of benzene rings is 1. The van der Waals surface area contributed by atoms with Crippen LogP contribution in [0.2, 0.25) is 10.0 Å². The van der Waals surface area contributed by atoms with Gasteiger partial charge in [0.1, 0.15) is 12.4 Å². The molecule has 0 radical (unpaired) electrons. The molecule has 0 aliphatic carbocycles. The molecule has 0 atom stereocenters. The van der Waals surface area contributed by atoms with Crippen molar-refractivity contribution in [3.63, 3.8) is 0 Å². The Morgan fingerprint density at radius 1 is 1.12 bits per heavy atom. The van der Waals surface area contributed by atoms with E-state index in [-0.39, 0.29) is 0 Å². The monoisotopic (exact) mass is 253 g/mol. The standard InChI is InChI=1S/C12H9Cl2NO/c13-9-4-5-11(14)12(7-9)16-8-10-3-1-2-6-15-10/h1-7H,8H2. The Labute approximate surface area is 104 Å². The van der Waals surface area contributed by atoms with Gasteiger partial charge in [0.2, 0.25) is 0 Å². The number of nitrogens with zero attached hydrogens (tertiary/aromatic N) is 1. The van der Waals surface area contributed by atoms with Crippen molar-refractivity contribution in [1.82, 2.24) is 4.98 Å². The first-order chi connectivity index (χ1) is 7.75. The maximum atomic E-state index is 5.96. The summed E-state index contributed by atoms with van der Waals surface area (Å²) in [7, 11) is 0. The van der Waals surface area contributed by atoms with Gasteiger partial charge in [-0.25, -0.2) is 0 Å². The molecule has 0 fully saturated rings. The van der Waals surface area contributed by atoms with Gasteiger partial charge in [0.05, 0.1) is 10.7 Å². The molecule has 1 aromatic heterocycles. The highest BCUT2D eigenvalue weighted by Gasteiger charge is 2.03. The summed E-state index contributed by atoms with van der Waals surface area (Å²) in [4.78, 5) is 4.14. The molecule has 0 bridgehead atoms. The normalized spacial score (nSPS) is 10.1. The van der Waals surface area contributed by atoms with Gasteiger partial charge in [-0.3, -0.25) is 4.98 Å². The molecule has 4 heteroatoms. The molecule has 0 amide bonds. The zero-order valence-electron chi connectivity index (χ0n) is 8.36. The number of pyridine rings is 1. The zero-order chi connectivity index (χ0) is 11.4. The molecule has 16 heavy (non-hydrogen) atoms. The Kier molecular flexibility index (Phi) is 3.65. The van der Waals surface area contributed by atoms with E-state index >= 15 is 0 Å². The fourth-order valence-corrected chi connectivity index (χ4v) is 1.56. The van der Waals surface area contributed by atoms with Crippen molar-refractivity contribution in [3.8, 4) is 5.75 Å². The fraction of sp³-hybridized carbons (Fsp3) is 0.0833. The van der Waals surface area contributed by atoms with E-state index < -0.39 is 0 Å². The quantitative estimate of drug-likeness (QED) is 0.826. The van der Waals surface area contributed by atoms with E-state index in [1.807, 2.05) is 18.2 Å². The van der Waals surface area contributed by atoms with Gasteiger partial charge in [-0.1, -0.05) is 29.3 Å². The van der Waals surface area contributed by atoms with Crippen molar-refractivity contribution < 1.29 is 4.74 Å². The van der Waals surface area contributed by atoms with Crippen LogP contribution >= 0.6 is 23.2 Å². The molecule has 2 rings (SSSR count). The lowest BCUT2D eigenvalue weighted by Crippen LogP contribution is -1.97. The minimum absolute atomic E-state index is 0.376. The third kappa shape index (κ3) is 2.87. The molecule has 0 aliphatic heterocycles. The average molecular weight is 254 g/mol. The van der Waals surface area contributed by atoms with Crippen LogP contribution in [0.3, 0.4) is 0 Å². The lowest BCUT2D eigenvalue weighted by Gasteiger charge is -2.07. The van der Waals surface area contributed by atoms with Crippen molar-refractivity contribution in [2.75, 3.05) is 0 Å². The highest BCUT2D eigenvalue weighted by Crippen LogP contribution is 2.28. The minimum atomic E-state index is 0.376. The number of ether oxygens (including phenoxy) is 1. The van der Waals surface area contributed by atoms with Crippen LogP contribution in [0.4, 0.5) is 0 Å². The Hall–Kier alpha value is -1.25. The average Bonchev–Trinajstić information content (AvgIpc) is 2.32. The molecule has 0 saturated heterocycles. The Bertz CT molecular complexity index is 474. The third-order valence-electron chi connectivity index (χ3n) is 1.99. The van der Waals surface area contributed by atoms with Gasteiger partial charge in [0.25, 0.3) is 0 Å². The van der Waals surface area contributed by atoms with Crippen molar-refractivity contribution in [1.29, 1.82) is 0 Å². The molecule has 0 saturated carbocycles. The second-order valence-electron chi connectivity index (χ2n) is 3.18. The van der Waals surface area contributed by atoms with Crippen LogP contribution in [0.1, 0.15) is 5.69 Å². The smallest absolute Gasteiger partial charge is 0.139 e. The highest BCUT2D eigenvalue weighted by atomic mass is 35.5. The maximum Gasteiger partial charge on any atom is 0.139 e. The molecule has 82 valence electrons. The van der Waals surface area contributed by atoms with Gasteiger partial charge in [-0.2, -0.15) is 0 Å². The first-order valence-corrected chi connectivity index (χ1v) is 5.49. The van der Waals surface area contributed by atoms with E-state index in [2.05, 4.69) is 4.98 Å². The molecular formula is C12H9Cl2NO. The van der Waals surface area contributed by atoms with Crippen molar-refractivity contribution in [2.24, 2.45) is 0 Å². The van der Waals surface area contributed by atoms with Crippen LogP contribution in [0.15, 0.2) is 42.6 Å². The molecule has 0 spiro atoms. The molecule has 1 aromatic carbocycles. The molecule has 2 nitrogen and oxygen atoms in total. The predicted molar refractivity (Wildman–Crippen MR) is 65.0 cm³/mol. The summed E-state index contributed by atoms with van der Waals surface area (Å²) in [6.45, 7) is 0.376. The van der Waals surface area contributed by atoms with Crippen LogP contribution in [0, 0.1) is 0 Å². The molecule has 0 unspecified atom stereocenters. The largest absolute Gasteiger partial charge is 0.486 e. The number of rotatable bonds is 3. The van der Waals surface area contributed by atoms with Crippen LogP contribution in [-0.2, 0) is 6.61 Å². The summed E-state index contributed by atoms with van der Waals surface area (Å²) in [5.41, 5.74) is 0.846. The van der Waals surface area contributed by atoms with Crippen molar-refractivity contribution >= 4 is 23.2 Å². The first-order valence-electron chi connectivity index (χ1n) is 4.73. The van der Waals surface area contributed by atoms with E-state index in [0.717, 1.165) is 5.69 Å². The summed E-state index contributed by atoms with van der Waals surface area (Å²) < 4.78 is 5.52. The number of hydrogen-bond acceptors (Lipinski definition) is 2. The van der Waals surface area contributed by atoms with Gasteiger partial charge in [0.15, 0.2) is 0 Å². The topological polar surface area (TPSA) is 22.1 Å². The Balaban J connectivity index is 2.08. The zero-order valence-corrected chi connectivity index (χ0v) is 9.87. The second kappa shape index (κ2) is 5.19. The van der Waals surface area contributed by atoms with E-state index in [0.29, 0.717) is 22.4 Å². The van der Waals surface area contributed by atoms with Crippen molar-refractivity contribution in [2.45, 2.75) is 6.61 Å². The van der Waals surface area contributed by atoms with Crippen LogP contribution in [-0.4, -0.2) is 4.98 Å². The summed E-state index contributed by atoms with van der Waals surface area (Å²) in [5, 5.41) is 1.14. The summed E-state index contributed by atoms with van der Waals surface area (Å²) >= 11 is 11.8. The number of hydrogen-bond donors (Lipinski definition) is 0. The SMILES string of the molecule is Clc1ccc(Cl)c(OCc2ccccn2)c1. The third-order valence-corrected chi connectivity index (χ3v) is 2.54. The highest BCUT2D eigenvalue weighted by molar-refractivity contribution is 6.34. The summed E-state index contributed by atoms with van der Waals surface area (Å²) in [6.07, 6.45) is 1.72. The maximum absolute atomic E-state index is 5.96. The lowest BCUT2D eigenvalue weighted by molar-refractivity contribution is 0.301. The first kappa shape index (κ1) is 11.2. The van der Waals surface area contributed by atoms with Gasteiger partial charge in [-0.15, -0.1) is 0 Å². The summed E-state index contributed by atoms with van der Waals surface area (Å²) in [5.74, 6) is 0.569. The second-order valence-corrected chi connectivity index (χ2v) is 4.03. The van der Waals surface area contributed by atoms with Crippen LogP contribution in [0.5, 0.6) is 5.75 Å². The fourth-order valence-electron chi connectivity index (χ4n) is 1.22. The van der Waals surface area contributed by atoms with Crippen molar-refractivity contribution in [3.05, 3.63) is 58.3 Å². The van der Waals surface area contributed by atoms with Gasteiger partial charge in [0, 0.05) is 17.3 Å². The number of aromatic nitrogens is 1. The van der Waals surface area contributed by atoms with Crippen LogP contribution in [0.25, 0.3) is 0 Å². The number of halogens is 2. The van der Waals surface area contributed by atoms with E-state index in [9.17, 15) is 0 Å². The molecule has 1 heterocycles. The van der Waals surface area contributed by atoms with Gasteiger partial charge < -0.3 is 4.74 Å². The Morgan fingerprint density at radius 2 is 2.00 bits per heavy atom. The minimum Gasteiger partial charge on any atom is -0.486 e.